The zero-order valence-electron chi connectivity index (χ0n) is 29.3. The Labute approximate surface area is 284 Å². The number of carbonyl (C=O) groups is 3. The molecule has 4 rings (SSSR count). The fraction of sp³-hybridized carbons (Fsp3) is 0.657. The maximum Gasteiger partial charge on any atom is 0.323 e. The van der Waals surface area contributed by atoms with Gasteiger partial charge in [-0.25, -0.2) is 9.59 Å². The van der Waals surface area contributed by atoms with Crippen LogP contribution in [0.1, 0.15) is 93.9 Å². The van der Waals surface area contributed by atoms with E-state index in [0.29, 0.717) is 41.7 Å². The summed E-state index contributed by atoms with van der Waals surface area (Å²) in [5, 5.41) is 22.8. The van der Waals surface area contributed by atoms with Crippen LogP contribution in [0.4, 0.5) is 21.0 Å². The van der Waals surface area contributed by atoms with Crippen LogP contribution in [0.5, 0.6) is 5.75 Å². The van der Waals surface area contributed by atoms with E-state index in [2.05, 4.69) is 21.1 Å². The number of rotatable bonds is 7. The number of nitrogens with one attached hydrogen (secondary N) is 3. The van der Waals surface area contributed by atoms with E-state index in [0.717, 1.165) is 44.9 Å². The lowest BCUT2D eigenvalue weighted by molar-refractivity contribution is -0.0123. The van der Waals surface area contributed by atoms with E-state index in [1.807, 2.05) is 13.8 Å². The molecule has 1 saturated carbocycles. The van der Waals surface area contributed by atoms with Crippen molar-refractivity contribution < 1.29 is 33.5 Å². The smallest absolute Gasteiger partial charge is 0.323 e. The van der Waals surface area contributed by atoms with E-state index in [4.69, 9.17) is 14.0 Å². The van der Waals surface area contributed by atoms with Crippen LogP contribution in [-0.2, 0) is 4.74 Å². The standard InChI is InChI=1S/C35H54N6O7/c1-22-19-41(23(2)21-42)33(43)29-18-28(36-34(44)38-32-25(4)39-48-26(32)5)15-16-30(29)47-24(3)12-10-11-17-46-31(22)20-40(6)35(45)37-27-13-8-7-9-14-27/h15-16,18,22-24,27,31,42H,7-14,17,19-21H2,1-6H3,(H,37,45)(H2,36,38,44)/t22-,23-,24-,31-/m1/s1. The molecule has 13 nitrogen and oxygen atoms in total. The van der Waals surface area contributed by atoms with Gasteiger partial charge in [-0.3, -0.25) is 4.79 Å². The van der Waals surface area contributed by atoms with E-state index in [-0.39, 0.29) is 54.8 Å². The highest BCUT2D eigenvalue weighted by atomic mass is 16.5. The Hall–Kier alpha value is -3.84. The number of aromatic nitrogens is 1. The van der Waals surface area contributed by atoms with Crippen molar-refractivity contribution in [3.05, 3.63) is 35.2 Å². The third-order valence-corrected chi connectivity index (χ3v) is 9.31. The van der Waals surface area contributed by atoms with Crippen molar-refractivity contribution in [2.45, 2.75) is 110 Å². The summed E-state index contributed by atoms with van der Waals surface area (Å²) in [6.07, 6.45) is 7.37. The van der Waals surface area contributed by atoms with Gasteiger partial charge in [0.2, 0.25) is 0 Å². The highest BCUT2D eigenvalue weighted by molar-refractivity contribution is 6.03. The van der Waals surface area contributed by atoms with Gasteiger partial charge in [-0.15, -0.1) is 0 Å². The third kappa shape index (κ3) is 10.1. The van der Waals surface area contributed by atoms with Crippen LogP contribution < -0.4 is 20.7 Å². The molecule has 2 aliphatic rings. The van der Waals surface area contributed by atoms with Gasteiger partial charge in [0.1, 0.15) is 17.1 Å². The lowest BCUT2D eigenvalue weighted by Gasteiger charge is -2.36. The fourth-order valence-electron chi connectivity index (χ4n) is 6.28. The Balaban J connectivity index is 1.57. The number of fused-ring (bicyclic) bond motifs is 1. The number of hydrogen-bond donors (Lipinski definition) is 4. The van der Waals surface area contributed by atoms with Gasteiger partial charge in [0, 0.05) is 44.4 Å². The molecule has 1 aliphatic carbocycles. The molecular weight excluding hydrogens is 616 g/mol. The number of hydrogen-bond acceptors (Lipinski definition) is 8. The number of urea groups is 2. The largest absolute Gasteiger partial charge is 0.490 e. The second kappa shape index (κ2) is 17.5. The predicted octanol–water partition coefficient (Wildman–Crippen LogP) is 5.71. The van der Waals surface area contributed by atoms with Gasteiger partial charge in [0.05, 0.1) is 30.4 Å². The summed E-state index contributed by atoms with van der Waals surface area (Å²) in [5.41, 5.74) is 1.68. The molecule has 1 fully saturated rings. The number of likely N-dealkylation sites (N-methyl/N-ethyl adjacent to an activating group) is 1. The minimum Gasteiger partial charge on any atom is -0.490 e. The van der Waals surface area contributed by atoms with Crippen LogP contribution in [0, 0.1) is 19.8 Å². The van der Waals surface area contributed by atoms with E-state index < -0.39 is 12.1 Å². The quantitative estimate of drug-likeness (QED) is 0.292. The minimum absolute atomic E-state index is 0.118. The maximum atomic E-state index is 14.4. The summed E-state index contributed by atoms with van der Waals surface area (Å²) < 4.78 is 17.8. The molecule has 4 N–H and O–H groups in total. The highest BCUT2D eigenvalue weighted by Crippen LogP contribution is 2.29. The van der Waals surface area contributed by atoms with Crippen molar-refractivity contribution in [2.24, 2.45) is 5.92 Å². The first-order chi connectivity index (χ1) is 23.0. The van der Waals surface area contributed by atoms with Crippen LogP contribution >= 0.6 is 0 Å². The first kappa shape index (κ1) is 37.0. The van der Waals surface area contributed by atoms with Crippen molar-refractivity contribution in [3.8, 4) is 5.75 Å². The molecule has 5 amide bonds. The molecule has 1 aromatic heterocycles. The van der Waals surface area contributed by atoms with Crippen molar-refractivity contribution in [3.63, 3.8) is 0 Å². The van der Waals surface area contributed by atoms with Crippen molar-refractivity contribution in [2.75, 3.05) is 44.0 Å². The first-order valence-corrected chi connectivity index (χ1v) is 17.3. The van der Waals surface area contributed by atoms with E-state index in [1.54, 1.807) is 55.8 Å². The zero-order valence-corrected chi connectivity index (χ0v) is 29.3. The van der Waals surface area contributed by atoms with Gasteiger partial charge < -0.3 is 44.9 Å². The molecule has 2 heterocycles. The maximum absolute atomic E-state index is 14.4. The van der Waals surface area contributed by atoms with E-state index in [9.17, 15) is 19.5 Å². The van der Waals surface area contributed by atoms with E-state index in [1.165, 1.54) is 6.42 Å². The Morgan fingerprint density at radius 3 is 2.50 bits per heavy atom. The van der Waals surface area contributed by atoms with Gasteiger partial charge in [-0.1, -0.05) is 31.3 Å². The average Bonchev–Trinajstić information content (AvgIpc) is 3.38. The summed E-state index contributed by atoms with van der Waals surface area (Å²) in [6.45, 7) is 10.1. The lowest BCUT2D eigenvalue weighted by atomic mass is 9.96. The molecule has 2 aromatic rings. The fourth-order valence-corrected chi connectivity index (χ4v) is 6.28. The number of ether oxygens (including phenoxy) is 2. The molecule has 266 valence electrons. The number of amides is 5. The lowest BCUT2D eigenvalue weighted by Crippen LogP contribution is -2.50. The van der Waals surface area contributed by atoms with Crippen molar-refractivity contribution in [1.29, 1.82) is 0 Å². The Kier molecular flexibility index (Phi) is 13.5. The monoisotopic (exact) mass is 670 g/mol. The van der Waals surface area contributed by atoms with Crippen LogP contribution in [-0.4, -0.2) is 95.7 Å². The second-order valence-electron chi connectivity index (χ2n) is 13.5. The number of carbonyl (C=O) groups excluding carboxylic acids is 3. The van der Waals surface area contributed by atoms with Gasteiger partial charge in [0.25, 0.3) is 5.91 Å². The SMILES string of the molecule is Cc1noc(C)c1NC(=O)Nc1ccc2c(c1)C(=O)N([C@H](C)CO)C[C@@H](C)[C@@H](CN(C)C(=O)NC1CCCCC1)OCCCC[C@@H](C)O2. The number of anilines is 2. The molecule has 1 aromatic carbocycles. The van der Waals surface area contributed by atoms with E-state index >= 15 is 0 Å². The number of aryl methyl sites for hydroxylation is 2. The molecule has 48 heavy (non-hydrogen) atoms. The van der Waals surface area contributed by atoms with Crippen LogP contribution in [0.2, 0.25) is 0 Å². The number of benzene rings is 1. The summed E-state index contributed by atoms with van der Waals surface area (Å²) >= 11 is 0. The molecule has 0 spiro atoms. The molecule has 1 aliphatic heterocycles. The van der Waals surface area contributed by atoms with Gasteiger partial charge in [-0.05, 0) is 78.0 Å². The van der Waals surface area contributed by atoms with Crippen LogP contribution in [0.15, 0.2) is 22.7 Å². The van der Waals surface area contributed by atoms with Gasteiger partial charge in [0.15, 0.2) is 5.76 Å². The topological polar surface area (TPSA) is 158 Å². The van der Waals surface area contributed by atoms with Crippen LogP contribution in [0.25, 0.3) is 0 Å². The predicted molar refractivity (Wildman–Crippen MR) is 184 cm³/mol. The minimum atomic E-state index is -0.523. The summed E-state index contributed by atoms with van der Waals surface area (Å²) in [7, 11) is 1.78. The molecule has 13 heteroatoms. The first-order valence-electron chi connectivity index (χ1n) is 17.3. The molecule has 0 unspecified atom stereocenters. The Bertz CT molecular complexity index is 1360. The number of aliphatic hydroxyl groups excluding tert-OH is 1. The summed E-state index contributed by atoms with van der Waals surface area (Å²) in [6, 6.07) is 4.02. The van der Waals surface area contributed by atoms with Crippen molar-refractivity contribution in [1.82, 2.24) is 20.3 Å². The second-order valence-corrected chi connectivity index (χ2v) is 13.5. The Morgan fingerprint density at radius 1 is 1.08 bits per heavy atom. The molecular formula is C35H54N6O7. The van der Waals surface area contributed by atoms with Gasteiger partial charge in [-0.2, -0.15) is 0 Å². The average molecular weight is 671 g/mol. The number of aliphatic hydroxyl groups is 1. The number of nitrogens with zero attached hydrogens (tertiary/aromatic N) is 3. The van der Waals surface area contributed by atoms with Crippen LogP contribution in [0.3, 0.4) is 0 Å². The highest BCUT2D eigenvalue weighted by Gasteiger charge is 2.31. The molecule has 0 saturated heterocycles. The molecule has 0 radical (unpaired) electrons. The molecule has 4 atom stereocenters. The normalized spacial score (nSPS) is 22.1. The van der Waals surface area contributed by atoms with Crippen molar-refractivity contribution >= 4 is 29.3 Å². The zero-order chi connectivity index (χ0) is 34.8. The molecule has 0 bridgehead atoms. The summed E-state index contributed by atoms with van der Waals surface area (Å²) in [4.78, 5) is 43.7. The van der Waals surface area contributed by atoms with Gasteiger partial charge >= 0.3 is 12.1 Å². The Morgan fingerprint density at radius 2 is 1.81 bits per heavy atom. The third-order valence-electron chi connectivity index (χ3n) is 9.31. The summed E-state index contributed by atoms with van der Waals surface area (Å²) in [5.74, 6) is 0.349.